The van der Waals surface area contributed by atoms with Gasteiger partial charge in [-0.2, -0.15) is 13.2 Å². The van der Waals surface area contributed by atoms with Crippen molar-refractivity contribution in [2.24, 2.45) is 0 Å². The molecule has 2 saturated heterocycles. The highest BCUT2D eigenvalue weighted by molar-refractivity contribution is 7.92. The summed E-state index contributed by atoms with van der Waals surface area (Å²) in [7, 11) is -3.10. The van der Waals surface area contributed by atoms with Crippen LogP contribution in [-0.2, 0) is 27.2 Å². The Balaban J connectivity index is 1.71. The minimum Gasteiger partial charge on any atom is -0.337 e. The van der Waals surface area contributed by atoms with E-state index in [4.69, 9.17) is 0 Å². The molecule has 8 heteroatoms. The van der Waals surface area contributed by atoms with Gasteiger partial charge in [-0.25, -0.2) is 8.42 Å². The Kier molecular flexibility index (Phi) is 3.47. The van der Waals surface area contributed by atoms with Crippen LogP contribution in [0.2, 0.25) is 0 Å². The van der Waals surface area contributed by atoms with Crippen LogP contribution >= 0.6 is 0 Å². The zero-order valence-corrected chi connectivity index (χ0v) is 12.3. The second kappa shape index (κ2) is 4.97. The van der Waals surface area contributed by atoms with E-state index in [1.165, 1.54) is 17.0 Å². The van der Waals surface area contributed by atoms with Gasteiger partial charge in [0.25, 0.3) is 0 Å². The van der Waals surface area contributed by atoms with Crippen molar-refractivity contribution in [2.75, 3.05) is 12.3 Å². The van der Waals surface area contributed by atoms with Crippen molar-refractivity contribution in [2.45, 2.75) is 30.3 Å². The number of likely N-dealkylation sites (tertiary alicyclic amines) is 1. The Labute approximate surface area is 125 Å². The number of fused-ring (bicyclic) bond motifs is 2. The fourth-order valence-corrected chi connectivity index (χ4v) is 5.16. The molecule has 2 aliphatic heterocycles. The fourth-order valence-electron chi connectivity index (χ4n) is 3.14. The molecule has 120 valence electrons. The molecule has 2 fully saturated rings. The SMILES string of the molecule is O=C(Cc1cccc(C(F)(F)F)c1)N1C[C@H]2C[C@H]1CS2(=O)=O. The summed E-state index contributed by atoms with van der Waals surface area (Å²) in [5.41, 5.74) is -0.506. The maximum atomic E-state index is 12.7. The second-order valence-electron chi connectivity index (χ2n) is 5.76. The molecule has 2 atom stereocenters. The molecule has 0 N–H and O–H groups in total. The molecule has 0 radical (unpaired) electrons. The van der Waals surface area contributed by atoms with Crippen molar-refractivity contribution in [3.8, 4) is 0 Å². The number of rotatable bonds is 2. The van der Waals surface area contributed by atoms with E-state index >= 15 is 0 Å². The Bertz CT molecular complexity index is 714. The van der Waals surface area contributed by atoms with Crippen molar-refractivity contribution in [3.63, 3.8) is 0 Å². The van der Waals surface area contributed by atoms with Gasteiger partial charge in [-0.05, 0) is 18.1 Å². The number of hydrogen-bond donors (Lipinski definition) is 0. The van der Waals surface area contributed by atoms with Crippen molar-refractivity contribution < 1.29 is 26.4 Å². The molecule has 2 aliphatic rings. The number of sulfone groups is 1. The van der Waals surface area contributed by atoms with Gasteiger partial charge < -0.3 is 4.90 Å². The average molecular weight is 333 g/mol. The highest BCUT2D eigenvalue weighted by atomic mass is 32.2. The molecule has 2 heterocycles. The minimum atomic E-state index is -4.44. The third kappa shape index (κ3) is 2.71. The zero-order chi connectivity index (χ0) is 16.1. The van der Waals surface area contributed by atoms with Gasteiger partial charge in [0.15, 0.2) is 9.84 Å². The quantitative estimate of drug-likeness (QED) is 0.827. The van der Waals surface area contributed by atoms with E-state index in [1.54, 1.807) is 0 Å². The first kappa shape index (κ1) is 15.3. The summed E-state index contributed by atoms with van der Waals surface area (Å²) in [6, 6.07) is 4.33. The zero-order valence-electron chi connectivity index (χ0n) is 11.5. The largest absolute Gasteiger partial charge is 0.416 e. The molecule has 3 rings (SSSR count). The van der Waals surface area contributed by atoms with E-state index in [0.717, 1.165) is 12.1 Å². The maximum absolute atomic E-state index is 12.7. The van der Waals surface area contributed by atoms with Gasteiger partial charge in [0.05, 0.1) is 23.0 Å². The summed E-state index contributed by atoms with van der Waals surface area (Å²) >= 11 is 0. The van der Waals surface area contributed by atoms with Crippen LogP contribution in [0.3, 0.4) is 0 Å². The van der Waals surface area contributed by atoms with Gasteiger partial charge in [0.2, 0.25) is 5.91 Å². The third-order valence-corrected chi connectivity index (χ3v) is 6.45. The van der Waals surface area contributed by atoms with Crippen LogP contribution < -0.4 is 0 Å². The lowest BCUT2D eigenvalue weighted by atomic mass is 10.1. The van der Waals surface area contributed by atoms with Gasteiger partial charge in [0.1, 0.15) is 0 Å². The summed E-state index contributed by atoms with van der Waals surface area (Å²) in [4.78, 5) is 13.7. The van der Waals surface area contributed by atoms with E-state index in [2.05, 4.69) is 0 Å². The Morgan fingerprint density at radius 3 is 2.59 bits per heavy atom. The average Bonchev–Trinajstić information content (AvgIpc) is 2.93. The minimum absolute atomic E-state index is 0.0357. The van der Waals surface area contributed by atoms with Crippen LogP contribution in [0.25, 0.3) is 0 Å². The molecule has 0 saturated carbocycles. The van der Waals surface area contributed by atoms with E-state index in [-0.39, 0.29) is 36.2 Å². The monoisotopic (exact) mass is 333 g/mol. The number of alkyl halides is 3. The van der Waals surface area contributed by atoms with Crippen molar-refractivity contribution in [3.05, 3.63) is 35.4 Å². The lowest BCUT2D eigenvalue weighted by Gasteiger charge is -2.27. The molecular weight excluding hydrogens is 319 g/mol. The first-order chi connectivity index (χ1) is 10.2. The predicted octanol–water partition coefficient (Wildman–Crippen LogP) is 1.65. The number of nitrogens with zero attached hydrogens (tertiary/aromatic N) is 1. The van der Waals surface area contributed by atoms with Crippen molar-refractivity contribution >= 4 is 15.7 Å². The highest BCUT2D eigenvalue weighted by Crippen LogP contribution is 2.34. The van der Waals surface area contributed by atoms with Crippen LogP contribution in [0.1, 0.15) is 17.5 Å². The Hall–Kier alpha value is -1.57. The van der Waals surface area contributed by atoms with Gasteiger partial charge in [-0.1, -0.05) is 18.2 Å². The van der Waals surface area contributed by atoms with Crippen LogP contribution in [0.4, 0.5) is 13.2 Å². The van der Waals surface area contributed by atoms with E-state index in [9.17, 15) is 26.4 Å². The topological polar surface area (TPSA) is 54.5 Å². The number of halogens is 3. The van der Waals surface area contributed by atoms with Crippen LogP contribution in [0.15, 0.2) is 24.3 Å². The predicted molar refractivity (Wildman–Crippen MR) is 72.8 cm³/mol. The number of hydrogen-bond acceptors (Lipinski definition) is 3. The lowest BCUT2D eigenvalue weighted by Crippen LogP contribution is -2.44. The first-order valence-corrected chi connectivity index (χ1v) is 8.55. The smallest absolute Gasteiger partial charge is 0.337 e. The van der Waals surface area contributed by atoms with Crippen molar-refractivity contribution in [1.29, 1.82) is 0 Å². The van der Waals surface area contributed by atoms with Crippen LogP contribution in [-0.4, -0.2) is 42.8 Å². The molecule has 0 unspecified atom stereocenters. The number of carbonyl (C=O) groups is 1. The molecule has 4 nitrogen and oxygen atoms in total. The molecule has 1 aromatic carbocycles. The molecule has 1 amide bonds. The summed E-state index contributed by atoms with van der Waals surface area (Å²) in [5, 5.41) is -0.511. The van der Waals surface area contributed by atoms with E-state index < -0.39 is 26.8 Å². The molecule has 0 aromatic heterocycles. The number of amides is 1. The van der Waals surface area contributed by atoms with Crippen LogP contribution in [0, 0.1) is 0 Å². The van der Waals surface area contributed by atoms with Crippen molar-refractivity contribution in [1.82, 2.24) is 4.90 Å². The van der Waals surface area contributed by atoms with Gasteiger partial charge in [-0.15, -0.1) is 0 Å². The van der Waals surface area contributed by atoms with E-state index in [0.29, 0.717) is 6.42 Å². The highest BCUT2D eigenvalue weighted by Gasteiger charge is 2.49. The third-order valence-electron chi connectivity index (χ3n) is 4.24. The summed E-state index contributed by atoms with van der Waals surface area (Å²) in [5.74, 6) is -0.354. The molecule has 0 aliphatic carbocycles. The van der Waals surface area contributed by atoms with Gasteiger partial charge in [0, 0.05) is 12.6 Å². The second-order valence-corrected chi connectivity index (χ2v) is 8.09. The fraction of sp³-hybridized carbons (Fsp3) is 0.500. The summed E-state index contributed by atoms with van der Waals surface area (Å²) in [6.07, 6.45) is -4.15. The normalized spacial score (nSPS) is 26.4. The van der Waals surface area contributed by atoms with Gasteiger partial charge in [-0.3, -0.25) is 4.79 Å². The molecular formula is C14H14F3NO3S. The van der Waals surface area contributed by atoms with Gasteiger partial charge >= 0.3 is 6.18 Å². The lowest BCUT2D eigenvalue weighted by molar-refractivity contribution is -0.138. The Morgan fingerprint density at radius 2 is 2.05 bits per heavy atom. The first-order valence-electron chi connectivity index (χ1n) is 6.84. The van der Waals surface area contributed by atoms with E-state index in [1.807, 2.05) is 0 Å². The number of carbonyl (C=O) groups excluding carboxylic acids is 1. The molecule has 22 heavy (non-hydrogen) atoms. The Morgan fingerprint density at radius 1 is 1.32 bits per heavy atom. The standard InChI is InChI=1S/C14H14F3NO3S/c15-14(16,17)10-3-1-2-9(4-10)5-13(19)18-7-12-6-11(18)8-22(12,20)21/h1-4,11-12H,5-8H2/t11-,12+/m0/s1. The molecule has 2 bridgehead atoms. The summed E-state index contributed by atoms with van der Waals surface area (Å²) < 4.78 is 61.2. The molecule has 1 aromatic rings. The maximum Gasteiger partial charge on any atom is 0.416 e. The summed E-state index contributed by atoms with van der Waals surface area (Å²) in [6.45, 7) is 0.158. The number of benzene rings is 1. The van der Waals surface area contributed by atoms with Crippen LogP contribution in [0.5, 0.6) is 0 Å². The molecule has 0 spiro atoms.